The lowest BCUT2D eigenvalue weighted by molar-refractivity contribution is 0.133. The highest BCUT2D eigenvalue weighted by Crippen LogP contribution is 2.24. The summed E-state index contributed by atoms with van der Waals surface area (Å²) < 4.78 is 0. The average Bonchev–Trinajstić information content (AvgIpc) is 3.27. The van der Waals surface area contributed by atoms with Crippen molar-refractivity contribution in [3.8, 4) is 0 Å². The summed E-state index contributed by atoms with van der Waals surface area (Å²) in [6.45, 7) is 16.6. The Labute approximate surface area is 180 Å². The second kappa shape index (κ2) is 12.6. The van der Waals surface area contributed by atoms with Crippen LogP contribution >= 0.6 is 0 Å². The van der Waals surface area contributed by atoms with Crippen molar-refractivity contribution in [2.24, 2.45) is 5.92 Å². The first kappa shape index (κ1) is 22.6. The molecule has 164 valence electrons. The van der Waals surface area contributed by atoms with Crippen molar-refractivity contribution in [2.75, 3.05) is 52.4 Å². The van der Waals surface area contributed by atoms with E-state index in [2.05, 4.69) is 46.4 Å². The molecule has 0 amide bonds. The fourth-order valence-corrected chi connectivity index (χ4v) is 5.10. The zero-order valence-electron chi connectivity index (χ0n) is 19.1. The Balaban J connectivity index is 1.27. The van der Waals surface area contributed by atoms with Crippen LogP contribution in [0.2, 0.25) is 0 Å². The molecular weight excluding hydrogens is 354 g/mol. The summed E-state index contributed by atoms with van der Waals surface area (Å²) >= 11 is 0. The minimum Gasteiger partial charge on any atom is -0.369 e. The molecule has 3 rings (SSSR count). The summed E-state index contributed by atoms with van der Waals surface area (Å²) in [5.41, 5.74) is 2.81. The number of hydrogen-bond acceptors (Lipinski definition) is 3. The van der Waals surface area contributed by atoms with E-state index in [4.69, 9.17) is 0 Å². The van der Waals surface area contributed by atoms with Crippen molar-refractivity contribution in [3.63, 3.8) is 0 Å². The number of rotatable bonds is 10. The predicted molar refractivity (Wildman–Crippen MR) is 126 cm³/mol. The van der Waals surface area contributed by atoms with Gasteiger partial charge >= 0.3 is 0 Å². The van der Waals surface area contributed by atoms with Crippen molar-refractivity contribution in [2.45, 2.75) is 71.1 Å². The Morgan fingerprint density at radius 3 is 2.31 bits per heavy atom. The van der Waals surface area contributed by atoms with Gasteiger partial charge in [-0.3, -0.25) is 4.90 Å². The van der Waals surface area contributed by atoms with Crippen LogP contribution in [0, 0.1) is 5.92 Å². The molecule has 0 spiro atoms. The summed E-state index contributed by atoms with van der Waals surface area (Å²) in [5.74, 6) is 0.956. The third-order valence-corrected chi connectivity index (χ3v) is 7.28. The topological polar surface area (TPSA) is 9.72 Å². The molecule has 0 atom stereocenters. The number of likely N-dealkylation sites (tertiary alicyclic amines) is 1. The standard InChI is InChI=1S/C26H45N3/c1-3-4-7-16-27-17-13-26(14-18-27)15-19-28-20-22-29(23-21-28)24(2)9-8-12-25-10-5-6-11-25/h8-9,12,26H,2-7,10-11,13-23H2,1H3/b9-8-. The summed E-state index contributed by atoms with van der Waals surface area (Å²) in [5, 5.41) is 0. The van der Waals surface area contributed by atoms with Crippen LogP contribution in [0.25, 0.3) is 0 Å². The lowest BCUT2D eigenvalue weighted by Gasteiger charge is -2.38. The third-order valence-electron chi connectivity index (χ3n) is 7.28. The minimum absolute atomic E-state index is 0.956. The Bertz CT molecular complexity index is 526. The van der Waals surface area contributed by atoms with Gasteiger partial charge < -0.3 is 9.80 Å². The van der Waals surface area contributed by atoms with E-state index in [9.17, 15) is 0 Å². The summed E-state index contributed by atoms with van der Waals surface area (Å²) in [6.07, 6.45) is 20.5. The predicted octanol–water partition coefficient (Wildman–Crippen LogP) is 5.47. The van der Waals surface area contributed by atoms with E-state index in [1.807, 2.05) is 0 Å². The van der Waals surface area contributed by atoms with Crippen LogP contribution in [0.4, 0.5) is 0 Å². The zero-order valence-corrected chi connectivity index (χ0v) is 19.1. The van der Waals surface area contributed by atoms with Crippen LogP contribution in [0.3, 0.4) is 0 Å². The fourth-order valence-electron chi connectivity index (χ4n) is 5.10. The molecule has 0 unspecified atom stereocenters. The molecule has 0 aromatic rings. The normalized spacial score (nSPS) is 22.7. The first-order valence-electron chi connectivity index (χ1n) is 12.5. The zero-order chi connectivity index (χ0) is 20.3. The van der Waals surface area contributed by atoms with Crippen LogP contribution in [0.15, 0.2) is 36.1 Å². The molecule has 2 saturated heterocycles. The highest BCUT2D eigenvalue weighted by atomic mass is 15.3. The first-order chi connectivity index (χ1) is 14.2. The largest absolute Gasteiger partial charge is 0.369 e. The highest BCUT2D eigenvalue weighted by Gasteiger charge is 2.21. The van der Waals surface area contributed by atoms with Crippen molar-refractivity contribution in [3.05, 3.63) is 36.1 Å². The molecule has 0 radical (unpaired) electrons. The highest BCUT2D eigenvalue weighted by molar-refractivity contribution is 5.22. The van der Waals surface area contributed by atoms with Crippen molar-refractivity contribution >= 4 is 0 Å². The number of piperidine rings is 1. The van der Waals surface area contributed by atoms with Gasteiger partial charge in [0.15, 0.2) is 0 Å². The van der Waals surface area contributed by atoms with Crippen LogP contribution in [0.1, 0.15) is 71.1 Å². The van der Waals surface area contributed by atoms with Crippen molar-refractivity contribution in [1.82, 2.24) is 14.7 Å². The Hall–Kier alpha value is -1.06. The number of piperazine rings is 1. The molecule has 3 aliphatic rings. The second-order valence-electron chi connectivity index (χ2n) is 9.49. The lowest BCUT2D eigenvalue weighted by Crippen LogP contribution is -2.46. The van der Waals surface area contributed by atoms with Gasteiger partial charge in [0.25, 0.3) is 0 Å². The van der Waals surface area contributed by atoms with E-state index in [0.717, 1.165) is 19.0 Å². The van der Waals surface area contributed by atoms with Crippen molar-refractivity contribution in [1.29, 1.82) is 0 Å². The van der Waals surface area contributed by atoms with Crippen LogP contribution in [-0.4, -0.2) is 67.1 Å². The molecule has 0 aromatic heterocycles. The fraction of sp³-hybridized carbons (Fsp3) is 0.769. The molecule has 0 aromatic carbocycles. The lowest BCUT2D eigenvalue weighted by atomic mass is 9.93. The maximum absolute atomic E-state index is 4.31. The molecule has 0 N–H and O–H groups in total. The number of hydrogen-bond donors (Lipinski definition) is 0. The molecule has 29 heavy (non-hydrogen) atoms. The van der Waals surface area contributed by atoms with Gasteiger partial charge in [0, 0.05) is 31.9 Å². The summed E-state index contributed by atoms with van der Waals surface area (Å²) in [7, 11) is 0. The van der Waals surface area contributed by atoms with Gasteiger partial charge in [-0.25, -0.2) is 0 Å². The number of nitrogens with zero attached hydrogens (tertiary/aromatic N) is 3. The SMILES string of the molecule is C=C(/C=C\C=C1CCCC1)N1CCN(CCC2CCN(CCCCC)CC2)CC1. The molecule has 3 fully saturated rings. The van der Waals surface area contributed by atoms with Gasteiger partial charge in [-0.1, -0.05) is 44.1 Å². The van der Waals surface area contributed by atoms with E-state index in [-0.39, 0.29) is 0 Å². The van der Waals surface area contributed by atoms with Crippen molar-refractivity contribution < 1.29 is 0 Å². The van der Waals surface area contributed by atoms with Crippen LogP contribution in [-0.2, 0) is 0 Å². The Morgan fingerprint density at radius 1 is 0.931 bits per heavy atom. The quantitative estimate of drug-likeness (QED) is 0.356. The van der Waals surface area contributed by atoms with Gasteiger partial charge in [-0.2, -0.15) is 0 Å². The molecule has 3 nitrogen and oxygen atoms in total. The molecule has 3 heteroatoms. The number of unbranched alkanes of at least 4 members (excludes halogenated alkanes) is 2. The first-order valence-corrected chi connectivity index (χ1v) is 12.5. The van der Waals surface area contributed by atoms with Gasteiger partial charge in [-0.15, -0.1) is 0 Å². The van der Waals surface area contributed by atoms with E-state index >= 15 is 0 Å². The minimum atomic E-state index is 0.956. The smallest absolute Gasteiger partial charge is 0.0306 e. The van der Waals surface area contributed by atoms with E-state index in [1.165, 1.54) is 109 Å². The maximum Gasteiger partial charge on any atom is 0.0306 e. The second-order valence-corrected chi connectivity index (χ2v) is 9.49. The number of allylic oxidation sites excluding steroid dienone is 4. The molecule has 1 saturated carbocycles. The van der Waals surface area contributed by atoms with Crippen LogP contribution < -0.4 is 0 Å². The van der Waals surface area contributed by atoms with Gasteiger partial charge in [0.2, 0.25) is 0 Å². The monoisotopic (exact) mass is 399 g/mol. The molecule has 2 heterocycles. The summed E-state index contributed by atoms with van der Waals surface area (Å²) in [4.78, 5) is 7.85. The summed E-state index contributed by atoms with van der Waals surface area (Å²) in [6, 6.07) is 0. The van der Waals surface area contributed by atoms with Gasteiger partial charge in [0.05, 0.1) is 0 Å². The van der Waals surface area contributed by atoms with E-state index in [0.29, 0.717) is 0 Å². The van der Waals surface area contributed by atoms with Gasteiger partial charge in [0.1, 0.15) is 0 Å². The molecular formula is C26H45N3. The Morgan fingerprint density at radius 2 is 1.62 bits per heavy atom. The van der Waals surface area contributed by atoms with Crippen LogP contribution in [0.5, 0.6) is 0 Å². The van der Waals surface area contributed by atoms with E-state index in [1.54, 1.807) is 5.57 Å². The molecule has 2 aliphatic heterocycles. The molecule has 1 aliphatic carbocycles. The van der Waals surface area contributed by atoms with Gasteiger partial charge in [-0.05, 0) is 89.5 Å². The molecule has 0 bridgehead atoms. The Kier molecular flexibility index (Phi) is 9.82. The van der Waals surface area contributed by atoms with E-state index < -0.39 is 0 Å². The maximum atomic E-state index is 4.31. The average molecular weight is 400 g/mol. The third kappa shape index (κ3) is 7.94.